The van der Waals surface area contributed by atoms with Gasteiger partial charge in [-0.2, -0.15) is 5.10 Å². The van der Waals surface area contributed by atoms with Gasteiger partial charge in [-0.15, -0.1) is 0 Å². The van der Waals surface area contributed by atoms with Gasteiger partial charge in [-0.05, 0) is 54.1 Å². The Hall–Kier alpha value is -4.73. The smallest absolute Gasteiger partial charge is 0.275 e. The molecule has 0 unspecified atom stereocenters. The van der Waals surface area contributed by atoms with Gasteiger partial charge in [0.05, 0.1) is 12.2 Å². The zero-order chi connectivity index (χ0) is 27.7. The lowest BCUT2D eigenvalue weighted by Crippen LogP contribution is -2.35. The number of aliphatic hydroxyl groups is 1. The number of benzene rings is 3. The number of nitrogens with zero attached hydrogens (tertiary/aromatic N) is 3. The molecule has 1 N–H and O–H groups in total. The Labute approximate surface area is 222 Å². The van der Waals surface area contributed by atoms with Gasteiger partial charge in [0.15, 0.2) is 17.3 Å². The van der Waals surface area contributed by atoms with Gasteiger partial charge < -0.3 is 19.5 Å². The Bertz CT molecular complexity index is 1580. The molecule has 0 saturated heterocycles. The monoisotopic (exact) mass is 535 g/mol. The van der Waals surface area contributed by atoms with Gasteiger partial charge in [0.1, 0.15) is 36.4 Å². The highest BCUT2D eigenvalue weighted by atomic mass is 19.1. The van der Waals surface area contributed by atoms with Crippen LogP contribution in [0.5, 0.6) is 11.5 Å². The van der Waals surface area contributed by atoms with E-state index >= 15 is 0 Å². The number of ether oxygens (including phenoxy) is 2. The van der Waals surface area contributed by atoms with Crippen molar-refractivity contribution >= 4 is 11.7 Å². The minimum absolute atomic E-state index is 0.0145. The highest BCUT2D eigenvalue weighted by Crippen LogP contribution is 2.39. The van der Waals surface area contributed by atoms with Crippen molar-refractivity contribution in [2.75, 3.05) is 13.2 Å². The molecule has 0 fully saturated rings. The van der Waals surface area contributed by atoms with Crippen LogP contribution in [-0.2, 0) is 20.2 Å². The molecule has 7 nitrogen and oxygen atoms in total. The number of hydrogen-bond donors (Lipinski definition) is 1. The molecule has 4 aromatic rings. The standard InChI is InChI=1S/C29H24F3N3O4/c1-17(36)19-6-8-26(24(32)13-19)38-11-10-35(15-18-4-3-5-20(30)12-18)29(37)27-23-16-39-25-9-7-21(31)14-22(25)28(23)34(2)33-27/h3-9,12-14,36H,1,10-11,15-16H2,2H3. The molecule has 0 atom stereocenters. The molecule has 0 spiro atoms. The normalized spacial score (nSPS) is 11.8. The Morgan fingerprint density at radius 2 is 1.92 bits per heavy atom. The summed E-state index contributed by atoms with van der Waals surface area (Å²) in [5.41, 5.74) is 2.40. The van der Waals surface area contributed by atoms with Gasteiger partial charge >= 0.3 is 0 Å². The first kappa shape index (κ1) is 25.9. The predicted molar refractivity (Wildman–Crippen MR) is 138 cm³/mol. The van der Waals surface area contributed by atoms with Crippen molar-refractivity contribution in [1.82, 2.24) is 14.7 Å². The summed E-state index contributed by atoms with van der Waals surface area (Å²) < 4.78 is 55.2. The molecule has 0 radical (unpaired) electrons. The zero-order valence-corrected chi connectivity index (χ0v) is 21.0. The molecular weight excluding hydrogens is 511 g/mol. The van der Waals surface area contributed by atoms with Crippen molar-refractivity contribution in [1.29, 1.82) is 0 Å². The topological polar surface area (TPSA) is 76.8 Å². The predicted octanol–water partition coefficient (Wildman–Crippen LogP) is 5.65. The molecule has 5 rings (SSSR count). The van der Waals surface area contributed by atoms with Crippen LogP contribution in [0.4, 0.5) is 13.2 Å². The Morgan fingerprint density at radius 1 is 1.13 bits per heavy atom. The van der Waals surface area contributed by atoms with E-state index in [2.05, 4.69) is 11.7 Å². The van der Waals surface area contributed by atoms with Gasteiger partial charge in [0, 0.05) is 30.3 Å². The van der Waals surface area contributed by atoms with Crippen LogP contribution >= 0.6 is 0 Å². The summed E-state index contributed by atoms with van der Waals surface area (Å²) in [7, 11) is 1.66. The average molecular weight is 536 g/mol. The van der Waals surface area contributed by atoms with Crippen LogP contribution in [0.15, 0.2) is 67.2 Å². The number of aromatic nitrogens is 2. The Balaban J connectivity index is 1.42. The maximum atomic E-state index is 14.4. The van der Waals surface area contributed by atoms with Crippen molar-refractivity contribution in [3.05, 3.63) is 107 Å². The first-order valence-electron chi connectivity index (χ1n) is 12.0. The van der Waals surface area contributed by atoms with Gasteiger partial charge in [0.25, 0.3) is 5.91 Å². The summed E-state index contributed by atoms with van der Waals surface area (Å²) in [6.45, 7) is 3.38. The average Bonchev–Trinajstić information content (AvgIpc) is 3.25. The number of fused-ring (bicyclic) bond motifs is 3. The van der Waals surface area contributed by atoms with Gasteiger partial charge in [-0.1, -0.05) is 18.7 Å². The van der Waals surface area contributed by atoms with E-state index in [0.717, 1.165) is 6.07 Å². The summed E-state index contributed by atoms with van der Waals surface area (Å²) in [4.78, 5) is 15.2. The molecule has 39 heavy (non-hydrogen) atoms. The van der Waals surface area contributed by atoms with E-state index in [1.807, 2.05) is 0 Å². The Kier molecular flexibility index (Phi) is 7.02. The molecule has 1 aliphatic rings. The summed E-state index contributed by atoms with van der Waals surface area (Å²) in [5.74, 6) is -1.95. The molecule has 0 bridgehead atoms. The van der Waals surface area contributed by atoms with Crippen LogP contribution in [0.25, 0.3) is 17.0 Å². The number of hydrogen-bond acceptors (Lipinski definition) is 5. The van der Waals surface area contributed by atoms with Crippen molar-refractivity contribution in [2.45, 2.75) is 13.2 Å². The minimum atomic E-state index is -0.701. The highest BCUT2D eigenvalue weighted by Gasteiger charge is 2.31. The molecule has 2 heterocycles. The molecule has 0 aliphatic carbocycles. The fourth-order valence-corrected chi connectivity index (χ4v) is 4.50. The molecule has 0 saturated carbocycles. The fraction of sp³-hybridized carbons (Fsp3) is 0.172. The van der Waals surface area contributed by atoms with Gasteiger partial charge in [-0.25, -0.2) is 13.2 Å². The lowest BCUT2D eigenvalue weighted by molar-refractivity contribution is 0.0705. The third kappa shape index (κ3) is 5.31. The third-order valence-electron chi connectivity index (χ3n) is 6.35. The molecular formula is C29H24F3N3O4. The molecule has 1 aliphatic heterocycles. The molecule has 1 aromatic heterocycles. The van der Waals surface area contributed by atoms with Crippen LogP contribution in [0, 0.1) is 17.5 Å². The lowest BCUT2D eigenvalue weighted by atomic mass is 10.0. The quantitative estimate of drug-likeness (QED) is 0.295. The van der Waals surface area contributed by atoms with Crippen molar-refractivity contribution in [3.63, 3.8) is 0 Å². The zero-order valence-electron chi connectivity index (χ0n) is 21.0. The van der Waals surface area contributed by atoms with Gasteiger partial charge in [0.2, 0.25) is 0 Å². The molecule has 200 valence electrons. The number of amides is 1. The summed E-state index contributed by atoms with van der Waals surface area (Å²) in [6, 6.07) is 13.9. The van der Waals surface area contributed by atoms with E-state index in [1.165, 1.54) is 58.1 Å². The molecule has 1 amide bonds. The van der Waals surface area contributed by atoms with E-state index in [9.17, 15) is 23.1 Å². The SMILES string of the molecule is C=C(O)c1ccc(OCCN(Cc2cccc(F)c2)C(=O)c2nn(C)c3c2COc2ccc(F)cc2-3)c(F)c1. The second kappa shape index (κ2) is 10.6. The number of carbonyl (C=O) groups is 1. The second-order valence-electron chi connectivity index (χ2n) is 9.03. The molecule has 10 heteroatoms. The number of halogens is 3. The molecule has 3 aromatic carbocycles. The maximum Gasteiger partial charge on any atom is 0.275 e. The van der Waals surface area contributed by atoms with Crippen molar-refractivity contribution < 1.29 is 32.5 Å². The number of aryl methyl sites for hydroxylation is 1. The summed E-state index contributed by atoms with van der Waals surface area (Å²) in [6.07, 6.45) is 0. The maximum absolute atomic E-state index is 14.4. The minimum Gasteiger partial charge on any atom is -0.508 e. The number of rotatable bonds is 8. The van der Waals surface area contributed by atoms with Crippen LogP contribution < -0.4 is 9.47 Å². The van der Waals surface area contributed by atoms with E-state index in [4.69, 9.17) is 9.47 Å². The van der Waals surface area contributed by atoms with Crippen LogP contribution in [0.2, 0.25) is 0 Å². The first-order valence-corrected chi connectivity index (χ1v) is 12.0. The largest absolute Gasteiger partial charge is 0.508 e. The second-order valence-corrected chi connectivity index (χ2v) is 9.03. The number of aliphatic hydroxyl groups excluding tert-OH is 1. The summed E-state index contributed by atoms with van der Waals surface area (Å²) in [5, 5.41) is 13.9. The van der Waals surface area contributed by atoms with Gasteiger partial charge in [-0.3, -0.25) is 9.48 Å². The van der Waals surface area contributed by atoms with E-state index < -0.39 is 23.4 Å². The Morgan fingerprint density at radius 3 is 2.67 bits per heavy atom. The fourth-order valence-electron chi connectivity index (χ4n) is 4.50. The third-order valence-corrected chi connectivity index (χ3v) is 6.35. The van der Waals surface area contributed by atoms with E-state index in [-0.39, 0.29) is 49.1 Å². The van der Waals surface area contributed by atoms with E-state index in [0.29, 0.717) is 28.1 Å². The van der Waals surface area contributed by atoms with E-state index in [1.54, 1.807) is 13.1 Å². The highest BCUT2D eigenvalue weighted by molar-refractivity contribution is 5.96. The van der Waals surface area contributed by atoms with Crippen molar-refractivity contribution in [3.8, 4) is 22.8 Å². The van der Waals surface area contributed by atoms with Crippen LogP contribution in [0.3, 0.4) is 0 Å². The van der Waals surface area contributed by atoms with Crippen molar-refractivity contribution in [2.24, 2.45) is 7.05 Å². The van der Waals surface area contributed by atoms with Crippen LogP contribution in [0.1, 0.15) is 27.2 Å². The van der Waals surface area contributed by atoms with Crippen LogP contribution in [-0.4, -0.2) is 38.8 Å². The lowest BCUT2D eigenvalue weighted by Gasteiger charge is -2.24. The summed E-state index contributed by atoms with van der Waals surface area (Å²) >= 11 is 0. The first-order chi connectivity index (χ1) is 18.7. The number of carbonyl (C=O) groups excluding carboxylic acids is 1.